The van der Waals surface area contributed by atoms with Crippen LogP contribution in [0.5, 0.6) is 11.5 Å². The van der Waals surface area contributed by atoms with Gasteiger partial charge in [0.1, 0.15) is 6.04 Å². The predicted molar refractivity (Wildman–Crippen MR) is 175 cm³/mol. The minimum Gasteiger partial charge on any atom is -0.454 e. The van der Waals surface area contributed by atoms with Crippen molar-refractivity contribution in [1.82, 2.24) is 10.2 Å². The van der Waals surface area contributed by atoms with Gasteiger partial charge in [-0.05, 0) is 49.1 Å². The van der Waals surface area contributed by atoms with Crippen molar-refractivity contribution >= 4 is 50.7 Å². The van der Waals surface area contributed by atoms with Gasteiger partial charge in [0.2, 0.25) is 28.6 Å². The Morgan fingerprint density at radius 2 is 1.64 bits per heavy atom. The Morgan fingerprint density at radius 3 is 2.33 bits per heavy atom. The number of hydrogen-bond donors (Lipinski definition) is 1. The van der Waals surface area contributed by atoms with E-state index in [1.807, 2.05) is 30.3 Å². The topological polar surface area (TPSA) is 105 Å². The van der Waals surface area contributed by atoms with Crippen LogP contribution in [0.2, 0.25) is 10.0 Å². The molecule has 0 spiro atoms. The Balaban J connectivity index is 1.40. The van der Waals surface area contributed by atoms with Crippen LogP contribution in [-0.4, -0.2) is 56.8 Å². The summed E-state index contributed by atoms with van der Waals surface area (Å²) >= 11 is 13.1. The van der Waals surface area contributed by atoms with Crippen LogP contribution in [0.3, 0.4) is 0 Å². The summed E-state index contributed by atoms with van der Waals surface area (Å²) in [5.41, 5.74) is 1.85. The highest BCUT2D eigenvalue weighted by Gasteiger charge is 2.33. The summed E-state index contributed by atoms with van der Waals surface area (Å²) in [6.45, 7) is 0.128. The Morgan fingerprint density at radius 1 is 0.956 bits per heavy atom. The number of nitrogens with zero attached hydrogens (tertiary/aromatic N) is 2. The largest absolute Gasteiger partial charge is 0.454 e. The lowest BCUT2D eigenvalue weighted by molar-refractivity contribution is -0.141. The number of carbonyl (C=O) groups is 2. The highest BCUT2D eigenvalue weighted by Crippen LogP contribution is 2.36. The molecule has 1 aliphatic carbocycles. The number of amides is 2. The molecular weight excluding hydrogens is 637 g/mol. The van der Waals surface area contributed by atoms with Crippen molar-refractivity contribution in [3.63, 3.8) is 0 Å². The molecule has 0 saturated heterocycles. The first kappa shape index (κ1) is 32.9. The second kappa shape index (κ2) is 14.7. The zero-order valence-corrected chi connectivity index (χ0v) is 27.4. The molecule has 2 aliphatic rings. The molecule has 1 heterocycles. The fourth-order valence-electron chi connectivity index (χ4n) is 5.82. The Kier molecular flexibility index (Phi) is 10.8. The molecule has 5 rings (SSSR count). The lowest BCUT2D eigenvalue weighted by atomic mass is 10.0. The number of sulfonamides is 1. The first-order chi connectivity index (χ1) is 21.6. The smallest absolute Gasteiger partial charge is 0.243 e. The van der Waals surface area contributed by atoms with Crippen LogP contribution in [0, 0.1) is 0 Å². The molecule has 1 unspecified atom stereocenters. The molecule has 0 aromatic heterocycles. The lowest BCUT2D eigenvalue weighted by Crippen LogP contribution is -2.52. The SMILES string of the molecule is CS(=O)(=O)N(CCCC(=O)N(Cc1c(Cl)cccc1Cl)C(Cc1ccccc1)C(=O)NC1CCCC1)c1ccc2c(c1)OCO2. The van der Waals surface area contributed by atoms with Crippen molar-refractivity contribution in [3.05, 3.63) is 87.9 Å². The summed E-state index contributed by atoms with van der Waals surface area (Å²) in [5, 5.41) is 3.96. The lowest BCUT2D eigenvalue weighted by Gasteiger charge is -2.33. The van der Waals surface area contributed by atoms with Gasteiger partial charge in [-0.15, -0.1) is 0 Å². The van der Waals surface area contributed by atoms with Gasteiger partial charge in [-0.25, -0.2) is 8.42 Å². The van der Waals surface area contributed by atoms with E-state index >= 15 is 0 Å². The zero-order valence-electron chi connectivity index (χ0n) is 25.1. The van der Waals surface area contributed by atoms with Gasteiger partial charge >= 0.3 is 0 Å². The van der Waals surface area contributed by atoms with E-state index in [1.54, 1.807) is 36.4 Å². The molecule has 12 heteroatoms. The molecule has 1 fully saturated rings. The first-order valence-corrected chi connectivity index (χ1v) is 17.6. The highest BCUT2D eigenvalue weighted by molar-refractivity contribution is 7.92. The van der Waals surface area contributed by atoms with Gasteiger partial charge < -0.3 is 19.7 Å². The van der Waals surface area contributed by atoms with Gasteiger partial charge in [-0.2, -0.15) is 0 Å². The summed E-state index contributed by atoms with van der Waals surface area (Å²) in [6, 6.07) is 18.8. The number of nitrogens with one attached hydrogen (secondary N) is 1. The van der Waals surface area contributed by atoms with Gasteiger partial charge in [-0.3, -0.25) is 13.9 Å². The number of rotatable bonds is 13. The number of anilines is 1. The van der Waals surface area contributed by atoms with Crippen molar-refractivity contribution in [2.75, 3.05) is 23.9 Å². The molecular formula is C33H37Cl2N3O6S. The average Bonchev–Trinajstić information content (AvgIpc) is 3.70. The van der Waals surface area contributed by atoms with Crippen LogP contribution >= 0.6 is 23.2 Å². The number of benzene rings is 3. The maximum absolute atomic E-state index is 14.1. The van der Waals surface area contributed by atoms with E-state index in [0.717, 1.165) is 37.5 Å². The van der Waals surface area contributed by atoms with Crippen molar-refractivity contribution < 1.29 is 27.5 Å². The number of hydrogen-bond acceptors (Lipinski definition) is 6. The second-order valence-corrected chi connectivity index (χ2v) is 14.1. The van der Waals surface area contributed by atoms with E-state index in [-0.39, 0.29) is 50.6 Å². The summed E-state index contributed by atoms with van der Waals surface area (Å²) in [6.07, 6.45) is 5.49. The van der Waals surface area contributed by atoms with Crippen LogP contribution in [0.1, 0.15) is 49.7 Å². The second-order valence-electron chi connectivity index (χ2n) is 11.4. The molecule has 1 N–H and O–H groups in total. The molecule has 1 aliphatic heterocycles. The minimum atomic E-state index is -3.68. The number of ether oxygens (including phenoxy) is 2. The number of halogens is 2. The van der Waals surface area contributed by atoms with Crippen molar-refractivity contribution in [3.8, 4) is 11.5 Å². The summed E-state index contributed by atoms with van der Waals surface area (Å²) in [5.74, 6) is 0.446. The van der Waals surface area contributed by atoms with E-state index in [0.29, 0.717) is 39.2 Å². The van der Waals surface area contributed by atoms with Crippen molar-refractivity contribution in [2.45, 2.75) is 63.6 Å². The maximum Gasteiger partial charge on any atom is 0.243 e. The third-order valence-corrected chi connectivity index (χ3v) is 10.1. The van der Waals surface area contributed by atoms with Gasteiger partial charge in [0.05, 0.1) is 11.9 Å². The Hall–Kier alpha value is -3.47. The fourth-order valence-corrected chi connectivity index (χ4v) is 7.29. The van der Waals surface area contributed by atoms with Crippen molar-refractivity contribution in [2.24, 2.45) is 0 Å². The van der Waals surface area contributed by atoms with Crippen LogP contribution < -0.4 is 19.1 Å². The summed E-state index contributed by atoms with van der Waals surface area (Å²) in [7, 11) is -3.68. The molecule has 3 aromatic rings. The van der Waals surface area contributed by atoms with Gasteiger partial charge in [0.15, 0.2) is 11.5 Å². The Bertz CT molecular complexity index is 1600. The Labute approximate surface area is 274 Å². The fraction of sp³-hybridized carbons (Fsp3) is 0.394. The number of fused-ring (bicyclic) bond motifs is 1. The number of carbonyl (C=O) groups excluding carboxylic acids is 2. The van der Waals surface area contributed by atoms with Gasteiger partial charge in [-0.1, -0.05) is 72.4 Å². The quantitative estimate of drug-likeness (QED) is 0.240. The third-order valence-electron chi connectivity index (χ3n) is 8.16. The molecule has 0 radical (unpaired) electrons. The standard InChI is InChI=1S/C33H37Cl2N3O6S/c1-45(41,42)38(25-16-17-30-31(20-25)44-22-43-30)18-8-15-32(39)37(21-26-27(34)13-7-14-28(26)35)29(19-23-9-3-2-4-10-23)33(40)36-24-11-5-6-12-24/h2-4,7,9-10,13-14,16-17,20,24,29H,5-6,8,11-12,15,18-19,21-22H2,1H3,(H,36,40). The zero-order chi connectivity index (χ0) is 32.0. The molecule has 3 aromatic carbocycles. The minimum absolute atomic E-state index is 0.0133. The summed E-state index contributed by atoms with van der Waals surface area (Å²) < 4.78 is 37.6. The molecule has 9 nitrogen and oxygen atoms in total. The van der Waals surface area contributed by atoms with E-state index in [1.165, 1.54) is 9.21 Å². The third kappa shape index (κ3) is 8.42. The molecule has 0 bridgehead atoms. The van der Waals surface area contributed by atoms with Crippen LogP contribution in [0.15, 0.2) is 66.7 Å². The molecule has 240 valence electrons. The van der Waals surface area contributed by atoms with Crippen LogP contribution in [0.4, 0.5) is 5.69 Å². The van der Waals surface area contributed by atoms with E-state index in [4.69, 9.17) is 32.7 Å². The highest BCUT2D eigenvalue weighted by atomic mass is 35.5. The maximum atomic E-state index is 14.1. The van der Waals surface area contributed by atoms with Crippen molar-refractivity contribution in [1.29, 1.82) is 0 Å². The van der Waals surface area contributed by atoms with E-state index < -0.39 is 16.1 Å². The molecule has 1 atom stereocenters. The summed E-state index contributed by atoms with van der Waals surface area (Å²) in [4.78, 5) is 29.6. The molecule has 45 heavy (non-hydrogen) atoms. The van der Waals surface area contributed by atoms with Crippen LogP contribution in [0.25, 0.3) is 0 Å². The normalized spacial score (nSPS) is 15.1. The average molecular weight is 675 g/mol. The first-order valence-electron chi connectivity index (χ1n) is 15.0. The van der Waals surface area contributed by atoms with E-state index in [2.05, 4.69) is 5.32 Å². The van der Waals surface area contributed by atoms with Gasteiger partial charge in [0.25, 0.3) is 0 Å². The monoisotopic (exact) mass is 673 g/mol. The molecule has 1 saturated carbocycles. The van der Waals surface area contributed by atoms with Crippen LogP contribution in [-0.2, 0) is 32.6 Å². The van der Waals surface area contributed by atoms with E-state index in [9.17, 15) is 18.0 Å². The van der Waals surface area contributed by atoms with Gasteiger partial charge in [0, 0.05) is 53.6 Å². The molecule has 2 amide bonds. The predicted octanol–water partition coefficient (Wildman–Crippen LogP) is 5.97.